The van der Waals surface area contributed by atoms with Crippen LogP contribution in [0.1, 0.15) is 17.3 Å². The molecule has 0 aliphatic heterocycles. The minimum absolute atomic E-state index is 0.113. The molecule has 0 amide bonds. The van der Waals surface area contributed by atoms with E-state index >= 15 is 0 Å². The Morgan fingerprint density at radius 3 is 3.05 bits per heavy atom. The van der Waals surface area contributed by atoms with Crippen LogP contribution in [0.15, 0.2) is 33.7 Å². The molecule has 6 heteroatoms. The van der Waals surface area contributed by atoms with E-state index in [0.717, 1.165) is 0 Å². The van der Waals surface area contributed by atoms with Crippen LogP contribution in [0.3, 0.4) is 0 Å². The Kier molecular flexibility index (Phi) is 5.58. The maximum absolute atomic E-state index is 5.85. The summed E-state index contributed by atoms with van der Waals surface area (Å²) in [6.07, 6.45) is 0.538. The molecule has 5 nitrogen and oxygen atoms in total. The number of hydrogen-bond donors (Lipinski definition) is 1. The van der Waals surface area contributed by atoms with Crippen molar-refractivity contribution >= 4 is 11.8 Å². The lowest BCUT2D eigenvalue weighted by atomic mass is 10.2. The molecule has 1 unspecified atom stereocenters. The Balaban J connectivity index is 1.86. The summed E-state index contributed by atoms with van der Waals surface area (Å²) in [6.45, 7) is 2.56. The second-order valence-corrected chi connectivity index (χ2v) is 5.68. The fourth-order valence-electron chi connectivity index (χ4n) is 1.78. The molecule has 108 valence electrons. The monoisotopic (exact) mass is 293 g/mol. The molecule has 0 aliphatic rings. The predicted octanol–water partition coefficient (Wildman–Crippen LogP) is 2.19. The number of hydrogen-bond acceptors (Lipinski definition) is 6. The van der Waals surface area contributed by atoms with Crippen LogP contribution < -0.4 is 5.73 Å². The quantitative estimate of drug-likeness (QED) is 0.789. The van der Waals surface area contributed by atoms with Crippen LogP contribution in [0.2, 0.25) is 0 Å². The van der Waals surface area contributed by atoms with Gasteiger partial charge in [-0.1, -0.05) is 22.9 Å². The number of ether oxygens (including phenoxy) is 1. The van der Waals surface area contributed by atoms with E-state index in [4.69, 9.17) is 15.0 Å². The summed E-state index contributed by atoms with van der Waals surface area (Å²) in [6, 6.07) is 8.22. The molecule has 20 heavy (non-hydrogen) atoms. The van der Waals surface area contributed by atoms with Gasteiger partial charge in [0.1, 0.15) is 0 Å². The molecule has 0 fully saturated rings. The lowest BCUT2D eigenvalue weighted by Gasteiger charge is -2.05. The minimum Gasteiger partial charge on any atom is -0.383 e. The molecule has 2 aromatic rings. The van der Waals surface area contributed by atoms with Crippen LogP contribution in [0.25, 0.3) is 0 Å². The van der Waals surface area contributed by atoms with Gasteiger partial charge in [0.05, 0.1) is 12.4 Å². The van der Waals surface area contributed by atoms with E-state index in [1.807, 2.05) is 6.07 Å². The summed E-state index contributed by atoms with van der Waals surface area (Å²) >= 11 is 1.69. The second-order valence-electron chi connectivity index (χ2n) is 4.63. The van der Waals surface area contributed by atoms with Gasteiger partial charge in [-0.3, -0.25) is 0 Å². The highest BCUT2D eigenvalue weighted by molar-refractivity contribution is 7.98. The third-order valence-corrected chi connectivity index (χ3v) is 3.67. The molecule has 2 N–H and O–H groups in total. The highest BCUT2D eigenvalue weighted by Crippen LogP contribution is 2.22. The molecule has 1 aromatic carbocycles. The molecule has 0 aliphatic carbocycles. The number of aromatic nitrogens is 2. The number of nitrogens with zero attached hydrogens (tertiary/aromatic N) is 2. The lowest BCUT2D eigenvalue weighted by molar-refractivity contribution is 0.176. The van der Waals surface area contributed by atoms with Crippen molar-refractivity contribution in [1.82, 2.24) is 10.1 Å². The zero-order chi connectivity index (χ0) is 14.4. The molecule has 1 heterocycles. The zero-order valence-electron chi connectivity index (χ0n) is 11.7. The number of methoxy groups -OCH3 is 1. The van der Waals surface area contributed by atoms with E-state index in [0.29, 0.717) is 30.5 Å². The van der Waals surface area contributed by atoms with E-state index in [2.05, 4.69) is 35.3 Å². The first-order valence-corrected chi connectivity index (χ1v) is 7.41. The van der Waals surface area contributed by atoms with Crippen molar-refractivity contribution < 1.29 is 9.26 Å². The van der Waals surface area contributed by atoms with Crippen molar-refractivity contribution in [2.75, 3.05) is 13.7 Å². The summed E-state index contributed by atoms with van der Waals surface area (Å²) < 4.78 is 10.2. The van der Waals surface area contributed by atoms with Crippen molar-refractivity contribution in [3.8, 4) is 0 Å². The largest absolute Gasteiger partial charge is 0.383 e. The first-order valence-electron chi connectivity index (χ1n) is 6.43. The van der Waals surface area contributed by atoms with E-state index in [1.54, 1.807) is 18.9 Å². The average molecular weight is 293 g/mol. The smallest absolute Gasteiger partial charge is 0.228 e. The summed E-state index contributed by atoms with van der Waals surface area (Å²) in [5, 5.41) is 3.96. The highest BCUT2D eigenvalue weighted by atomic mass is 32.2. The van der Waals surface area contributed by atoms with Crippen molar-refractivity contribution in [2.45, 2.75) is 30.0 Å². The third kappa shape index (κ3) is 4.63. The van der Waals surface area contributed by atoms with Gasteiger partial charge in [0.15, 0.2) is 5.82 Å². The van der Waals surface area contributed by atoms with Crippen LogP contribution in [0.5, 0.6) is 0 Å². The maximum atomic E-state index is 5.85. The molecule has 0 saturated carbocycles. The van der Waals surface area contributed by atoms with Gasteiger partial charge in [-0.25, -0.2) is 0 Å². The van der Waals surface area contributed by atoms with Gasteiger partial charge in [-0.2, -0.15) is 4.98 Å². The van der Waals surface area contributed by atoms with Gasteiger partial charge in [0.2, 0.25) is 5.89 Å². The molecular formula is C14H19N3O2S. The Bertz CT molecular complexity index is 545. The summed E-state index contributed by atoms with van der Waals surface area (Å²) in [5.74, 6) is 1.94. The van der Waals surface area contributed by atoms with E-state index in [9.17, 15) is 0 Å². The zero-order valence-corrected chi connectivity index (χ0v) is 12.5. The van der Waals surface area contributed by atoms with Gasteiger partial charge >= 0.3 is 0 Å². The summed E-state index contributed by atoms with van der Waals surface area (Å²) in [5.41, 5.74) is 7.09. The Hall–Kier alpha value is -1.37. The van der Waals surface area contributed by atoms with E-state index in [-0.39, 0.29) is 6.04 Å². The van der Waals surface area contributed by atoms with Crippen molar-refractivity contribution in [2.24, 2.45) is 5.73 Å². The number of nitrogens with two attached hydrogens (primary N) is 1. The minimum atomic E-state index is -0.113. The number of benzene rings is 1. The molecule has 0 saturated heterocycles. The van der Waals surface area contributed by atoms with Gasteiger partial charge in [-0.15, -0.1) is 11.8 Å². The number of thioether (sulfide) groups is 1. The van der Waals surface area contributed by atoms with Gasteiger partial charge in [-0.05, 0) is 19.1 Å². The Morgan fingerprint density at radius 1 is 1.45 bits per heavy atom. The second kappa shape index (κ2) is 7.42. The molecular weight excluding hydrogens is 274 g/mol. The Morgan fingerprint density at radius 2 is 2.30 bits per heavy atom. The molecule has 0 radical (unpaired) electrons. The molecule has 2 rings (SSSR count). The fourth-order valence-corrected chi connectivity index (χ4v) is 2.64. The van der Waals surface area contributed by atoms with Crippen molar-refractivity contribution in [3.05, 3.63) is 41.5 Å². The molecule has 1 aromatic heterocycles. The topological polar surface area (TPSA) is 74.2 Å². The van der Waals surface area contributed by atoms with Crippen LogP contribution in [0, 0.1) is 6.92 Å². The van der Waals surface area contributed by atoms with Crippen LogP contribution >= 0.6 is 11.8 Å². The van der Waals surface area contributed by atoms with Crippen LogP contribution in [-0.2, 0) is 16.9 Å². The third-order valence-electron chi connectivity index (χ3n) is 2.69. The normalized spacial score (nSPS) is 12.6. The van der Waals surface area contributed by atoms with Crippen LogP contribution in [-0.4, -0.2) is 29.9 Å². The molecule has 1 atom stereocenters. The number of rotatable bonds is 7. The lowest BCUT2D eigenvalue weighted by Crippen LogP contribution is -2.28. The van der Waals surface area contributed by atoms with E-state index in [1.165, 1.54) is 10.5 Å². The number of aryl methyl sites for hydroxylation is 1. The first-order chi connectivity index (χ1) is 9.67. The first kappa shape index (κ1) is 15.0. The summed E-state index contributed by atoms with van der Waals surface area (Å²) in [4.78, 5) is 5.54. The predicted molar refractivity (Wildman–Crippen MR) is 78.6 cm³/mol. The van der Waals surface area contributed by atoms with Gasteiger partial charge in [0.25, 0.3) is 0 Å². The van der Waals surface area contributed by atoms with Gasteiger partial charge < -0.3 is 15.0 Å². The molecule has 0 bridgehead atoms. The standard InChI is InChI=1S/C14H19N3O2S/c1-10-4-3-5-12(6-10)20-9-13-16-14(19-17-13)7-11(15)8-18-2/h3-6,11H,7-9,15H2,1-2H3. The van der Waals surface area contributed by atoms with Crippen molar-refractivity contribution in [1.29, 1.82) is 0 Å². The fraction of sp³-hybridized carbons (Fsp3) is 0.429. The van der Waals surface area contributed by atoms with Crippen molar-refractivity contribution in [3.63, 3.8) is 0 Å². The van der Waals surface area contributed by atoms with Crippen LogP contribution in [0.4, 0.5) is 0 Å². The Labute approximate surface area is 122 Å². The SMILES string of the molecule is COCC(N)Cc1nc(CSc2cccc(C)c2)no1. The highest BCUT2D eigenvalue weighted by Gasteiger charge is 2.11. The maximum Gasteiger partial charge on any atom is 0.228 e. The average Bonchev–Trinajstić information content (AvgIpc) is 2.84. The van der Waals surface area contributed by atoms with Gasteiger partial charge in [0, 0.05) is 24.5 Å². The molecule has 0 spiro atoms. The summed E-state index contributed by atoms with van der Waals surface area (Å²) in [7, 11) is 1.62. The van der Waals surface area contributed by atoms with E-state index < -0.39 is 0 Å².